The van der Waals surface area contributed by atoms with E-state index in [0.717, 1.165) is 44.9 Å². The molecule has 51 heavy (non-hydrogen) atoms. The summed E-state index contributed by atoms with van der Waals surface area (Å²) in [5.74, 6) is -1.44. The molecule has 0 aromatic carbocycles. The fraction of sp³-hybridized carbons (Fsp3) is 0.977. The topological polar surface area (TPSA) is 124 Å². The highest BCUT2D eigenvalue weighted by Crippen LogP contribution is 2.17. The Labute approximate surface area is 317 Å². The van der Waals surface area contributed by atoms with Crippen molar-refractivity contribution in [1.29, 1.82) is 0 Å². The average Bonchev–Trinajstić information content (AvgIpc) is 3.09. The predicted octanol–water partition coefficient (Wildman–Crippen LogP) is 12.2. The molecule has 0 aliphatic rings. The molecule has 3 unspecified atom stereocenters. The van der Waals surface area contributed by atoms with Gasteiger partial charge in [0.15, 0.2) is 0 Å². The number of hydrogen-bond acceptors (Lipinski definition) is 5. The summed E-state index contributed by atoms with van der Waals surface area (Å²) in [5, 5.41) is 23.6. The Morgan fingerprint density at radius 3 is 0.980 bits per heavy atom. The number of hydrogen-bond donors (Lipinski definition) is 4. The Bertz CT molecular complexity index is 838. The van der Waals surface area contributed by atoms with Gasteiger partial charge in [-0.3, -0.25) is 9.35 Å². The fourth-order valence-corrected chi connectivity index (χ4v) is 7.99. The minimum absolute atomic E-state index is 0.303. The number of nitrogens with one attached hydrogen (secondary N) is 1. The van der Waals surface area contributed by atoms with E-state index in [4.69, 9.17) is 0 Å². The molecular weight excluding hydrogens is 659 g/mol. The van der Waals surface area contributed by atoms with Gasteiger partial charge in [0.2, 0.25) is 5.91 Å². The minimum Gasteiger partial charge on any atom is -0.391 e. The number of aliphatic hydroxyl groups excluding tert-OH is 2. The number of rotatable bonds is 41. The Balaban J connectivity index is 3.87. The third-order valence-corrected chi connectivity index (χ3v) is 11.4. The maximum absolute atomic E-state index is 12.6. The largest absolute Gasteiger partial charge is 0.391 e. The van der Waals surface area contributed by atoms with Crippen molar-refractivity contribution < 1.29 is 28.0 Å². The highest BCUT2D eigenvalue weighted by Gasteiger charge is 2.28. The minimum atomic E-state index is -4.40. The van der Waals surface area contributed by atoms with Gasteiger partial charge in [-0.25, -0.2) is 0 Å². The van der Waals surface area contributed by atoms with E-state index in [9.17, 15) is 28.0 Å². The summed E-state index contributed by atoms with van der Waals surface area (Å²) in [6, 6.07) is -1.14. The van der Waals surface area contributed by atoms with E-state index in [1.54, 1.807) is 0 Å². The van der Waals surface area contributed by atoms with Gasteiger partial charge in [0.05, 0.1) is 17.9 Å². The van der Waals surface area contributed by atoms with E-state index in [1.807, 2.05) is 0 Å². The van der Waals surface area contributed by atoms with E-state index < -0.39 is 40.0 Å². The molecule has 0 fully saturated rings. The van der Waals surface area contributed by atoms with Crippen LogP contribution in [0.3, 0.4) is 0 Å². The van der Waals surface area contributed by atoms with Crippen molar-refractivity contribution in [1.82, 2.24) is 5.32 Å². The van der Waals surface area contributed by atoms with E-state index in [1.165, 1.54) is 173 Å². The van der Waals surface area contributed by atoms with Crippen LogP contribution in [0.15, 0.2) is 0 Å². The molecule has 306 valence electrons. The molecule has 0 rings (SSSR count). The van der Waals surface area contributed by atoms with Crippen LogP contribution < -0.4 is 5.32 Å². The summed E-state index contributed by atoms with van der Waals surface area (Å²) in [7, 11) is -4.40. The van der Waals surface area contributed by atoms with E-state index in [0.29, 0.717) is 12.8 Å². The molecule has 1 amide bonds. The number of aliphatic hydroxyl groups is 2. The van der Waals surface area contributed by atoms with Crippen molar-refractivity contribution in [2.45, 2.75) is 263 Å². The Morgan fingerprint density at radius 2 is 0.706 bits per heavy atom. The van der Waals surface area contributed by atoms with Crippen LogP contribution in [-0.4, -0.2) is 53.1 Å². The van der Waals surface area contributed by atoms with Gasteiger partial charge in [0, 0.05) is 0 Å². The first-order valence-corrected chi connectivity index (χ1v) is 23.9. The number of unbranched alkanes of at least 4 members (excludes halogenated alkanes) is 32. The zero-order chi connectivity index (χ0) is 37.7. The van der Waals surface area contributed by atoms with Gasteiger partial charge in [-0.2, -0.15) is 8.42 Å². The van der Waals surface area contributed by atoms with Gasteiger partial charge in [-0.15, -0.1) is 0 Å². The lowest BCUT2D eigenvalue weighted by molar-refractivity contribution is -0.131. The second-order valence-corrected chi connectivity index (χ2v) is 17.3. The van der Waals surface area contributed by atoms with Crippen molar-refractivity contribution in [3.63, 3.8) is 0 Å². The van der Waals surface area contributed by atoms with Crippen molar-refractivity contribution >= 4 is 16.0 Å². The molecule has 0 aromatic heterocycles. The molecule has 3 atom stereocenters. The van der Waals surface area contributed by atoms with E-state index in [2.05, 4.69) is 19.2 Å². The highest BCUT2D eigenvalue weighted by atomic mass is 32.2. The number of carbonyl (C=O) groups is 1. The zero-order valence-corrected chi connectivity index (χ0v) is 34.7. The monoisotopic (exact) mass is 746 g/mol. The van der Waals surface area contributed by atoms with Crippen molar-refractivity contribution in [3.05, 3.63) is 0 Å². The Hall–Kier alpha value is -0.700. The van der Waals surface area contributed by atoms with Crippen LogP contribution in [0.5, 0.6) is 0 Å². The number of carbonyl (C=O) groups excluding carboxylic acids is 1. The van der Waals surface area contributed by atoms with Crippen molar-refractivity contribution in [2.75, 3.05) is 5.75 Å². The van der Waals surface area contributed by atoms with Crippen molar-refractivity contribution in [2.24, 2.45) is 0 Å². The quantitative estimate of drug-likeness (QED) is 0.0365. The normalized spacial score (nSPS) is 13.7. The molecule has 0 saturated carbocycles. The van der Waals surface area contributed by atoms with Crippen LogP contribution in [0, 0.1) is 0 Å². The van der Waals surface area contributed by atoms with Gasteiger partial charge in [-0.05, 0) is 12.8 Å². The molecule has 0 aromatic rings. The standard InChI is InChI=1S/C43H87NO6S/c1-3-5-7-9-11-13-15-17-18-19-20-21-22-23-24-26-27-29-31-33-35-37-41(45)40(39-51(48,49)50)44-43(47)42(46)38-36-34-32-30-28-25-16-14-12-10-8-6-4-2/h40-42,45-46H,3-39H2,1-2H3,(H,44,47)(H,48,49,50). The summed E-state index contributed by atoms with van der Waals surface area (Å²) in [6.07, 6.45) is 41.2. The molecule has 0 heterocycles. The summed E-state index contributed by atoms with van der Waals surface area (Å²) < 4.78 is 32.6. The van der Waals surface area contributed by atoms with Gasteiger partial charge < -0.3 is 15.5 Å². The van der Waals surface area contributed by atoms with Crippen LogP contribution in [0.2, 0.25) is 0 Å². The summed E-state index contributed by atoms with van der Waals surface area (Å²) in [5.41, 5.74) is 0. The van der Waals surface area contributed by atoms with Gasteiger partial charge in [0.25, 0.3) is 10.1 Å². The zero-order valence-electron chi connectivity index (χ0n) is 33.9. The van der Waals surface area contributed by atoms with Crippen LogP contribution in [0.1, 0.15) is 245 Å². The predicted molar refractivity (Wildman–Crippen MR) is 218 cm³/mol. The van der Waals surface area contributed by atoms with Crippen LogP contribution >= 0.6 is 0 Å². The molecule has 0 saturated heterocycles. The molecule has 4 N–H and O–H groups in total. The maximum Gasteiger partial charge on any atom is 0.266 e. The molecule has 0 aliphatic carbocycles. The third-order valence-electron chi connectivity index (χ3n) is 10.7. The van der Waals surface area contributed by atoms with Crippen LogP contribution in [-0.2, 0) is 14.9 Å². The van der Waals surface area contributed by atoms with E-state index in [-0.39, 0.29) is 0 Å². The average molecular weight is 746 g/mol. The lowest BCUT2D eigenvalue weighted by Gasteiger charge is -2.24. The summed E-state index contributed by atoms with van der Waals surface area (Å²) in [4.78, 5) is 12.6. The first-order chi connectivity index (χ1) is 24.7. The SMILES string of the molecule is CCCCCCCCCCCCCCCCCCCCCCCC(O)C(CS(=O)(=O)O)NC(=O)C(O)CCCCCCCCCCCCCCC. The highest BCUT2D eigenvalue weighted by molar-refractivity contribution is 7.85. The van der Waals surface area contributed by atoms with Gasteiger partial charge in [0.1, 0.15) is 6.10 Å². The molecule has 0 aliphatic heterocycles. The third kappa shape index (κ3) is 37.4. The summed E-state index contributed by atoms with van der Waals surface area (Å²) >= 11 is 0. The first-order valence-electron chi connectivity index (χ1n) is 22.3. The second-order valence-electron chi connectivity index (χ2n) is 15.8. The van der Waals surface area contributed by atoms with E-state index >= 15 is 0 Å². The molecule has 0 spiro atoms. The molecule has 0 radical (unpaired) electrons. The Kier molecular flexibility index (Phi) is 37.1. The molecule has 0 bridgehead atoms. The van der Waals surface area contributed by atoms with Gasteiger partial charge >= 0.3 is 0 Å². The lowest BCUT2D eigenvalue weighted by Crippen LogP contribution is -2.50. The van der Waals surface area contributed by atoms with Crippen LogP contribution in [0.25, 0.3) is 0 Å². The maximum atomic E-state index is 12.6. The lowest BCUT2D eigenvalue weighted by atomic mass is 10.0. The molecule has 8 heteroatoms. The van der Waals surface area contributed by atoms with Crippen LogP contribution in [0.4, 0.5) is 0 Å². The second kappa shape index (κ2) is 37.6. The number of amides is 1. The van der Waals surface area contributed by atoms with Crippen molar-refractivity contribution in [3.8, 4) is 0 Å². The van der Waals surface area contributed by atoms with Gasteiger partial charge in [-0.1, -0.05) is 232 Å². The fourth-order valence-electron chi connectivity index (χ4n) is 7.23. The molecular formula is C43H87NO6S. The first kappa shape index (κ1) is 50.3. The smallest absolute Gasteiger partial charge is 0.266 e. The summed E-state index contributed by atoms with van der Waals surface area (Å²) in [6.45, 7) is 4.52. The Morgan fingerprint density at radius 1 is 0.451 bits per heavy atom. The molecule has 7 nitrogen and oxygen atoms in total.